The molecule has 0 spiro atoms. The second-order valence-corrected chi connectivity index (χ2v) is 3.76. The van der Waals surface area contributed by atoms with Crippen molar-refractivity contribution in [3.63, 3.8) is 0 Å². The Morgan fingerprint density at radius 2 is 2.50 bits per heavy atom. The number of hydrogen-bond acceptors (Lipinski definition) is 3. The maximum atomic E-state index is 11.7. The molecule has 2 rings (SSSR count). The van der Waals surface area contributed by atoms with E-state index in [1.165, 1.54) is 0 Å². The normalized spacial score (nSPS) is 19.9. The number of ether oxygens (including phenoxy) is 1. The summed E-state index contributed by atoms with van der Waals surface area (Å²) in [5, 5.41) is 0. The van der Waals surface area contributed by atoms with E-state index in [1.807, 2.05) is 6.08 Å². The average molecular weight is 218 g/mol. The van der Waals surface area contributed by atoms with Gasteiger partial charge in [0.05, 0.1) is 7.11 Å². The molecule has 0 saturated carbocycles. The molecule has 1 aliphatic rings. The van der Waals surface area contributed by atoms with Crippen LogP contribution >= 0.6 is 0 Å². The van der Waals surface area contributed by atoms with E-state index in [0.717, 1.165) is 0 Å². The van der Waals surface area contributed by atoms with Gasteiger partial charge in [0, 0.05) is 31.1 Å². The molecule has 0 aliphatic carbocycles. The smallest absolute Gasteiger partial charge is 0.228 e. The minimum Gasteiger partial charge on any atom is -0.497 e. The topological polar surface area (TPSA) is 42.4 Å². The summed E-state index contributed by atoms with van der Waals surface area (Å²) in [7, 11) is 1.59. The van der Waals surface area contributed by atoms with E-state index in [9.17, 15) is 4.79 Å². The lowest BCUT2D eigenvalue weighted by molar-refractivity contribution is -0.117. The SMILES string of the molecule is C=CC1CC(=O)N(c2cc(OC)ccn2)C1. The Morgan fingerprint density at radius 3 is 3.12 bits per heavy atom. The highest BCUT2D eigenvalue weighted by Crippen LogP contribution is 2.26. The summed E-state index contributed by atoms with van der Waals surface area (Å²) in [5.74, 6) is 1.67. The number of carbonyl (C=O) groups excluding carboxylic acids is 1. The van der Waals surface area contributed by atoms with E-state index in [0.29, 0.717) is 24.5 Å². The fourth-order valence-corrected chi connectivity index (χ4v) is 1.79. The van der Waals surface area contributed by atoms with Crippen LogP contribution in [0, 0.1) is 5.92 Å². The van der Waals surface area contributed by atoms with Crippen LogP contribution in [-0.2, 0) is 4.79 Å². The van der Waals surface area contributed by atoms with Crippen LogP contribution in [0.4, 0.5) is 5.82 Å². The number of nitrogens with zero attached hydrogens (tertiary/aromatic N) is 2. The standard InChI is InChI=1S/C12H14N2O2/c1-3-9-6-12(15)14(8-9)11-7-10(16-2)4-5-13-11/h3-5,7,9H,1,6,8H2,2H3. The van der Waals surface area contributed by atoms with Gasteiger partial charge in [0.2, 0.25) is 5.91 Å². The minimum absolute atomic E-state index is 0.0886. The second kappa shape index (κ2) is 4.35. The summed E-state index contributed by atoms with van der Waals surface area (Å²) >= 11 is 0. The molecule has 0 aromatic carbocycles. The van der Waals surface area contributed by atoms with E-state index in [2.05, 4.69) is 11.6 Å². The third-order valence-electron chi connectivity index (χ3n) is 2.72. The van der Waals surface area contributed by atoms with Crippen LogP contribution in [-0.4, -0.2) is 24.5 Å². The molecule has 1 saturated heterocycles. The zero-order chi connectivity index (χ0) is 11.5. The maximum Gasteiger partial charge on any atom is 0.228 e. The highest BCUT2D eigenvalue weighted by atomic mass is 16.5. The lowest BCUT2D eigenvalue weighted by Gasteiger charge is -2.15. The van der Waals surface area contributed by atoms with E-state index in [1.54, 1.807) is 30.3 Å². The molecule has 4 heteroatoms. The third-order valence-corrected chi connectivity index (χ3v) is 2.72. The molecule has 16 heavy (non-hydrogen) atoms. The van der Waals surface area contributed by atoms with Crippen LogP contribution in [0.15, 0.2) is 31.0 Å². The van der Waals surface area contributed by atoms with Gasteiger partial charge in [-0.2, -0.15) is 0 Å². The quantitative estimate of drug-likeness (QED) is 0.724. The first-order valence-electron chi connectivity index (χ1n) is 5.17. The number of amides is 1. The Labute approximate surface area is 94.5 Å². The number of rotatable bonds is 3. The minimum atomic E-state index is 0.0886. The molecule has 1 atom stereocenters. The van der Waals surface area contributed by atoms with Gasteiger partial charge >= 0.3 is 0 Å². The van der Waals surface area contributed by atoms with Crippen molar-refractivity contribution in [3.8, 4) is 5.75 Å². The second-order valence-electron chi connectivity index (χ2n) is 3.76. The Hall–Kier alpha value is -1.84. The van der Waals surface area contributed by atoms with Gasteiger partial charge in [-0.05, 0) is 6.07 Å². The van der Waals surface area contributed by atoms with Crippen molar-refractivity contribution >= 4 is 11.7 Å². The summed E-state index contributed by atoms with van der Waals surface area (Å²) in [4.78, 5) is 17.6. The molecular weight excluding hydrogens is 204 g/mol. The maximum absolute atomic E-state index is 11.7. The van der Waals surface area contributed by atoms with Crippen LogP contribution in [0.3, 0.4) is 0 Å². The van der Waals surface area contributed by atoms with E-state index in [4.69, 9.17) is 4.74 Å². The van der Waals surface area contributed by atoms with Crippen molar-refractivity contribution in [1.82, 2.24) is 4.98 Å². The third kappa shape index (κ3) is 1.91. The molecule has 1 fully saturated rings. The van der Waals surface area contributed by atoms with Crippen molar-refractivity contribution in [3.05, 3.63) is 31.0 Å². The number of pyridine rings is 1. The number of methoxy groups -OCH3 is 1. The zero-order valence-corrected chi connectivity index (χ0v) is 9.22. The monoisotopic (exact) mass is 218 g/mol. The molecular formula is C12H14N2O2. The summed E-state index contributed by atoms with van der Waals surface area (Å²) in [5.41, 5.74) is 0. The van der Waals surface area contributed by atoms with Crippen molar-refractivity contribution in [2.75, 3.05) is 18.6 Å². The Balaban J connectivity index is 2.23. The zero-order valence-electron chi connectivity index (χ0n) is 9.22. The fourth-order valence-electron chi connectivity index (χ4n) is 1.79. The number of hydrogen-bond donors (Lipinski definition) is 0. The highest BCUT2D eigenvalue weighted by Gasteiger charge is 2.29. The van der Waals surface area contributed by atoms with Crippen LogP contribution < -0.4 is 9.64 Å². The van der Waals surface area contributed by atoms with Crippen LogP contribution in [0.2, 0.25) is 0 Å². The van der Waals surface area contributed by atoms with E-state index < -0.39 is 0 Å². The van der Waals surface area contributed by atoms with Crippen LogP contribution in [0.25, 0.3) is 0 Å². The Kier molecular flexibility index (Phi) is 2.90. The van der Waals surface area contributed by atoms with Gasteiger partial charge in [0.1, 0.15) is 11.6 Å². The summed E-state index contributed by atoms with van der Waals surface area (Å²) in [6.45, 7) is 4.37. The van der Waals surface area contributed by atoms with Gasteiger partial charge in [-0.25, -0.2) is 4.98 Å². The fraction of sp³-hybridized carbons (Fsp3) is 0.333. The molecule has 1 aromatic rings. The van der Waals surface area contributed by atoms with Crippen LogP contribution in [0.1, 0.15) is 6.42 Å². The molecule has 1 amide bonds. The Morgan fingerprint density at radius 1 is 1.69 bits per heavy atom. The highest BCUT2D eigenvalue weighted by molar-refractivity contribution is 5.95. The molecule has 4 nitrogen and oxygen atoms in total. The molecule has 1 aliphatic heterocycles. The summed E-state index contributed by atoms with van der Waals surface area (Å²) in [6, 6.07) is 3.53. The molecule has 0 radical (unpaired) electrons. The predicted octanol–water partition coefficient (Wildman–Crippen LogP) is 1.63. The van der Waals surface area contributed by atoms with E-state index in [-0.39, 0.29) is 11.8 Å². The molecule has 84 valence electrons. The van der Waals surface area contributed by atoms with Gasteiger partial charge in [0.15, 0.2) is 0 Å². The predicted molar refractivity (Wildman–Crippen MR) is 61.4 cm³/mol. The van der Waals surface area contributed by atoms with Gasteiger partial charge in [0.25, 0.3) is 0 Å². The molecule has 1 unspecified atom stereocenters. The number of aromatic nitrogens is 1. The van der Waals surface area contributed by atoms with E-state index >= 15 is 0 Å². The van der Waals surface area contributed by atoms with Crippen molar-refractivity contribution in [2.24, 2.45) is 5.92 Å². The first-order valence-corrected chi connectivity index (χ1v) is 5.17. The summed E-state index contributed by atoms with van der Waals surface area (Å²) in [6.07, 6.45) is 3.98. The molecule has 1 aromatic heterocycles. The molecule has 0 bridgehead atoms. The number of carbonyl (C=O) groups is 1. The van der Waals surface area contributed by atoms with Crippen molar-refractivity contribution in [1.29, 1.82) is 0 Å². The first-order chi connectivity index (χ1) is 7.74. The van der Waals surface area contributed by atoms with Crippen molar-refractivity contribution < 1.29 is 9.53 Å². The first kappa shape index (κ1) is 10.7. The molecule has 2 heterocycles. The Bertz CT molecular complexity index is 417. The van der Waals surface area contributed by atoms with Crippen molar-refractivity contribution in [2.45, 2.75) is 6.42 Å². The van der Waals surface area contributed by atoms with Gasteiger partial charge < -0.3 is 4.74 Å². The largest absolute Gasteiger partial charge is 0.497 e. The average Bonchev–Trinajstić information content (AvgIpc) is 2.71. The van der Waals surface area contributed by atoms with Crippen LogP contribution in [0.5, 0.6) is 5.75 Å². The lowest BCUT2D eigenvalue weighted by Crippen LogP contribution is -2.25. The van der Waals surface area contributed by atoms with Gasteiger partial charge in [-0.15, -0.1) is 6.58 Å². The summed E-state index contributed by atoms with van der Waals surface area (Å²) < 4.78 is 5.10. The van der Waals surface area contributed by atoms with Gasteiger partial charge in [-0.3, -0.25) is 9.69 Å². The lowest BCUT2D eigenvalue weighted by atomic mass is 10.1. The number of anilines is 1. The molecule has 0 N–H and O–H groups in total. The van der Waals surface area contributed by atoms with Gasteiger partial charge in [-0.1, -0.05) is 6.08 Å².